The maximum Gasteiger partial charge on any atom is 0.573 e. The van der Waals surface area contributed by atoms with Crippen LogP contribution < -0.4 is 10.1 Å². The van der Waals surface area contributed by atoms with Crippen LogP contribution in [0.1, 0.15) is 11.6 Å². The third-order valence-corrected chi connectivity index (χ3v) is 3.62. The van der Waals surface area contributed by atoms with Gasteiger partial charge < -0.3 is 15.2 Å². The van der Waals surface area contributed by atoms with Crippen LogP contribution in [0.25, 0.3) is 0 Å². The van der Waals surface area contributed by atoms with Crippen molar-refractivity contribution >= 4 is 12.4 Å². The second-order valence-corrected chi connectivity index (χ2v) is 5.34. The molecule has 1 aromatic rings. The van der Waals surface area contributed by atoms with E-state index in [2.05, 4.69) is 10.1 Å². The highest BCUT2D eigenvalue weighted by Gasteiger charge is 2.45. The molecule has 2 N–H and O–H groups in total. The van der Waals surface area contributed by atoms with E-state index in [4.69, 9.17) is 5.11 Å². The van der Waals surface area contributed by atoms with Crippen molar-refractivity contribution < 1.29 is 36.2 Å². The summed E-state index contributed by atoms with van der Waals surface area (Å²) in [4.78, 5) is 1.22. The van der Waals surface area contributed by atoms with Crippen LogP contribution in [0.2, 0.25) is 0 Å². The van der Waals surface area contributed by atoms with Crippen molar-refractivity contribution in [1.29, 1.82) is 0 Å². The van der Waals surface area contributed by atoms with E-state index in [1.54, 1.807) is 0 Å². The zero-order valence-electron chi connectivity index (χ0n) is 12.8. The van der Waals surface area contributed by atoms with E-state index in [9.17, 15) is 26.3 Å². The molecule has 0 unspecified atom stereocenters. The molecule has 1 aromatic carbocycles. The Balaban J connectivity index is 0.00000312. The van der Waals surface area contributed by atoms with E-state index in [1.807, 2.05) is 0 Å². The van der Waals surface area contributed by atoms with Gasteiger partial charge in [0, 0.05) is 31.7 Å². The van der Waals surface area contributed by atoms with Crippen molar-refractivity contribution in [1.82, 2.24) is 10.2 Å². The molecule has 0 radical (unpaired) electrons. The number of nitrogens with one attached hydrogen (secondary N) is 1. The fourth-order valence-electron chi connectivity index (χ4n) is 2.65. The van der Waals surface area contributed by atoms with Crippen LogP contribution in [0.15, 0.2) is 18.2 Å². The lowest BCUT2D eigenvalue weighted by atomic mass is 9.97. The predicted molar refractivity (Wildman–Crippen MR) is 79.5 cm³/mol. The maximum atomic E-state index is 14.2. The fourth-order valence-corrected chi connectivity index (χ4v) is 2.65. The van der Waals surface area contributed by atoms with Crippen molar-refractivity contribution in [2.24, 2.45) is 0 Å². The number of piperazine rings is 1. The Labute approximate surface area is 146 Å². The van der Waals surface area contributed by atoms with Crippen LogP contribution >= 0.6 is 12.4 Å². The smallest absolute Gasteiger partial charge is 0.406 e. The van der Waals surface area contributed by atoms with Crippen LogP contribution in [0.4, 0.5) is 26.3 Å². The first kappa shape index (κ1) is 21.8. The highest BCUT2D eigenvalue weighted by Crippen LogP contribution is 2.39. The third-order valence-electron chi connectivity index (χ3n) is 3.62. The van der Waals surface area contributed by atoms with Gasteiger partial charge in [-0.2, -0.15) is 0 Å². The number of rotatable bonds is 5. The molecule has 0 bridgehead atoms. The largest absolute Gasteiger partial charge is 0.573 e. The molecule has 1 aliphatic rings. The van der Waals surface area contributed by atoms with E-state index < -0.39 is 42.1 Å². The standard InChI is InChI=1S/C14H16F6N2O2.ClH/c15-11-2-1-9(24-14(18,19)20)7-10(11)12(13(16,17)8-23)22-5-3-21-4-6-22;/h1-2,7,12,21,23H,3-6,8H2;1H/t12-;/m0./s1. The second kappa shape index (κ2) is 8.43. The van der Waals surface area contributed by atoms with E-state index in [0.29, 0.717) is 31.3 Å². The van der Waals surface area contributed by atoms with Crippen molar-refractivity contribution in [2.75, 3.05) is 32.8 Å². The van der Waals surface area contributed by atoms with Crippen LogP contribution in [0.5, 0.6) is 5.75 Å². The highest BCUT2D eigenvalue weighted by atomic mass is 35.5. The Morgan fingerprint density at radius 1 is 1.16 bits per heavy atom. The van der Waals surface area contributed by atoms with E-state index in [0.717, 1.165) is 0 Å². The number of alkyl halides is 5. The molecule has 1 fully saturated rings. The van der Waals surface area contributed by atoms with Gasteiger partial charge in [0.1, 0.15) is 24.2 Å². The number of nitrogens with zero attached hydrogens (tertiary/aromatic N) is 1. The zero-order chi connectivity index (χ0) is 18.0. The Hall–Kier alpha value is -1.23. The number of ether oxygens (including phenoxy) is 1. The second-order valence-electron chi connectivity index (χ2n) is 5.34. The van der Waals surface area contributed by atoms with Crippen molar-refractivity contribution in [3.63, 3.8) is 0 Å². The summed E-state index contributed by atoms with van der Waals surface area (Å²) in [5.41, 5.74) is -0.655. The van der Waals surface area contributed by atoms with Gasteiger partial charge in [-0.15, -0.1) is 25.6 Å². The Morgan fingerprint density at radius 2 is 1.76 bits per heavy atom. The van der Waals surface area contributed by atoms with Crippen LogP contribution in [-0.4, -0.2) is 55.1 Å². The summed E-state index contributed by atoms with van der Waals surface area (Å²) in [6.45, 7) is -0.587. The Kier molecular flexibility index (Phi) is 7.36. The summed E-state index contributed by atoms with van der Waals surface area (Å²) in [5.74, 6) is -5.64. The SMILES string of the molecule is Cl.OCC(F)(F)[C@H](c1cc(OC(F)(F)F)ccc1F)N1CCNCC1. The highest BCUT2D eigenvalue weighted by molar-refractivity contribution is 5.85. The zero-order valence-corrected chi connectivity index (χ0v) is 13.6. The molecule has 25 heavy (non-hydrogen) atoms. The van der Waals surface area contributed by atoms with Gasteiger partial charge in [-0.3, -0.25) is 4.90 Å². The molecular formula is C14H17ClF6N2O2. The molecule has 0 amide bonds. The molecule has 11 heteroatoms. The van der Waals surface area contributed by atoms with Crippen LogP contribution in [0.3, 0.4) is 0 Å². The first-order valence-corrected chi connectivity index (χ1v) is 7.13. The minimum atomic E-state index is -5.03. The molecule has 1 saturated heterocycles. The molecule has 0 saturated carbocycles. The summed E-state index contributed by atoms with van der Waals surface area (Å²) in [6.07, 6.45) is -5.03. The lowest BCUT2D eigenvalue weighted by Crippen LogP contribution is -2.51. The fraction of sp³-hybridized carbons (Fsp3) is 0.571. The summed E-state index contributed by atoms with van der Waals surface area (Å²) >= 11 is 0. The number of aliphatic hydroxyl groups is 1. The lowest BCUT2D eigenvalue weighted by Gasteiger charge is -2.38. The Morgan fingerprint density at radius 3 is 2.28 bits per heavy atom. The molecule has 0 spiro atoms. The van der Waals surface area contributed by atoms with Gasteiger partial charge in [0.15, 0.2) is 0 Å². The number of aliphatic hydroxyl groups excluding tert-OH is 1. The molecule has 4 nitrogen and oxygen atoms in total. The van der Waals surface area contributed by atoms with Crippen LogP contribution in [-0.2, 0) is 0 Å². The molecular weight excluding hydrogens is 378 g/mol. The van der Waals surface area contributed by atoms with Crippen molar-refractivity contribution in [3.8, 4) is 5.75 Å². The van der Waals surface area contributed by atoms with Gasteiger partial charge in [0.05, 0.1) is 0 Å². The summed E-state index contributed by atoms with van der Waals surface area (Å²) < 4.78 is 83.1. The Bertz CT molecular complexity index is 567. The normalized spacial score (nSPS) is 17.7. The van der Waals surface area contributed by atoms with E-state index in [1.165, 1.54) is 4.90 Å². The molecule has 1 aliphatic heterocycles. The first-order chi connectivity index (χ1) is 11.1. The number of benzene rings is 1. The minimum Gasteiger partial charge on any atom is -0.406 e. The molecule has 1 atom stereocenters. The number of halogens is 7. The predicted octanol–water partition coefficient (Wildman–Crippen LogP) is 2.72. The molecule has 0 aromatic heterocycles. The number of hydrogen-bond acceptors (Lipinski definition) is 4. The van der Waals surface area contributed by atoms with Crippen molar-refractivity contribution in [3.05, 3.63) is 29.6 Å². The van der Waals surface area contributed by atoms with E-state index >= 15 is 0 Å². The summed E-state index contributed by atoms with van der Waals surface area (Å²) in [5, 5.41) is 11.9. The summed E-state index contributed by atoms with van der Waals surface area (Å²) in [6, 6.07) is 0.0394. The van der Waals surface area contributed by atoms with Gasteiger partial charge in [0.2, 0.25) is 0 Å². The topological polar surface area (TPSA) is 44.7 Å². The molecule has 144 valence electrons. The van der Waals surface area contributed by atoms with Gasteiger partial charge in [-0.1, -0.05) is 0 Å². The van der Waals surface area contributed by atoms with Gasteiger partial charge >= 0.3 is 6.36 Å². The average molecular weight is 395 g/mol. The monoisotopic (exact) mass is 394 g/mol. The quantitative estimate of drug-likeness (QED) is 0.754. The molecule has 0 aliphatic carbocycles. The van der Waals surface area contributed by atoms with Gasteiger partial charge in [-0.05, 0) is 18.2 Å². The van der Waals surface area contributed by atoms with E-state index in [-0.39, 0.29) is 25.5 Å². The molecule has 2 rings (SSSR count). The lowest BCUT2D eigenvalue weighted by molar-refractivity contribution is -0.274. The van der Waals surface area contributed by atoms with Crippen LogP contribution in [0, 0.1) is 5.82 Å². The van der Waals surface area contributed by atoms with Gasteiger partial charge in [0.25, 0.3) is 5.92 Å². The summed E-state index contributed by atoms with van der Waals surface area (Å²) in [7, 11) is 0. The third kappa shape index (κ3) is 5.63. The number of hydrogen-bond donors (Lipinski definition) is 2. The first-order valence-electron chi connectivity index (χ1n) is 7.13. The maximum absolute atomic E-state index is 14.2. The minimum absolute atomic E-state index is 0. The average Bonchev–Trinajstić information content (AvgIpc) is 2.50. The molecule has 1 heterocycles. The van der Waals surface area contributed by atoms with Crippen molar-refractivity contribution in [2.45, 2.75) is 18.3 Å². The van der Waals surface area contributed by atoms with Gasteiger partial charge in [-0.25, -0.2) is 13.2 Å².